The van der Waals surface area contributed by atoms with Gasteiger partial charge in [-0.2, -0.15) is 13.2 Å². The van der Waals surface area contributed by atoms with Crippen LogP contribution in [-0.4, -0.2) is 65.9 Å². The zero-order chi connectivity index (χ0) is 16.9. The summed E-state index contributed by atoms with van der Waals surface area (Å²) in [4.78, 5) is 11.3. The first-order valence-electron chi connectivity index (χ1n) is 6.61. The lowest BCUT2D eigenvalue weighted by molar-refractivity contribution is -0.287. The zero-order valence-electron chi connectivity index (χ0n) is 12.5. The van der Waals surface area contributed by atoms with Crippen LogP contribution in [0.3, 0.4) is 0 Å². The van der Waals surface area contributed by atoms with Crippen molar-refractivity contribution in [3.05, 3.63) is 0 Å². The Labute approximate surface area is 124 Å². The molecule has 22 heavy (non-hydrogen) atoms. The highest BCUT2D eigenvalue weighted by Crippen LogP contribution is 2.39. The lowest BCUT2D eigenvalue weighted by Gasteiger charge is -2.42. The van der Waals surface area contributed by atoms with Crippen LogP contribution < -0.4 is 0 Å². The third-order valence-corrected chi connectivity index (χ3v) is 3.56. The van der Waals surface area contributed by atoms with Gasteiger partial charge in [-0.3, -0.25) is 10.0 Å². The normalized spacial score (nSPS) is 37.7. The molecule has 0 unspecified atom stereocenters. The summed E-state index contributed by atoms with van der Waals surface area (Å²) in [5.41, 5.74) is 0. The molecule has 0 saturated carbocycles. The van der Waals surface area contributed by atoms with Crippen molar-refractivity contribution in [2.75, 3.05) is 7.11 Å². The predicted molar refractivity (Wildman–Crippen MR) is 63.6 cm³/mol. The van der Waals surface area contributed by atoms with Crippen LogP contribution in [0.25, 0.3) is 0 Å². The van der Waals surface area contributed by atoms with Gasteiger partial charge in [-0.15, -0.1) is 0 Å². The maximum Gasteiger partial charge on any atom is 0.473 e. The number of rotatable bonds is 2. The molecule has 10 heteroatoms. The standard InChI is InChI=1S/C12H18F3NO6/c1-5-6(16(18)10(17)12(13,14)15)7-8(9(19-4)20-5)22-11(2,3)21-7/h5-9,18H,1-4H3/t5-,6-,7+,8-,9+/m1/s1. The van der Waals surface area contributed by atoms with Gasteiger partial charge in [-0.25, -0.2) is 5.06 Å². The Bertz CT molecular complexity index is 443. The number of methoxy groups -OCH3 is 1. The van der Waals surface area contributed by atoms with Gasteiger partial charge in [0.1, 0.15) is 18.2 Å². The van der Waals surface area contributed by atoms with Gasteiger partial charge in [-0.1, -0.05) is 0 Å². The van der Waals surface area contributed by atoms with Crippen LogP contribution in [0.4, 0.5) is 13.2 Å². The van der Waals surface area contributed by atoms with E-state index in [9.17, 15) is 23.2 Å². The number of ether oxygens (including phenoxy) is 4. The number of carbonyl (C=O) groups is 1. The summed E-state index contributed by atoms with van der Waals surface area (Å²) in [6, 6.07) is -1.38. The average molecular weight is 329 g/mol. The number of halogens is 3. The minimum absolute atomic E-state index is 0.390. The second kappa shape index (κ2) is 5.60. The summed E-state index contributed by atoms with van der Waals surface area (Å²) in [6.45, 7) is 4.54. The van der Waals surface area contributed by atoms with Crippen molar-refractivity contribution in [1.29, 1.82) is 0 Å². The van der Waals surface area contributed by atoms with Gasteiger partial charge < -0.3 is 18.9 Å². The molecule has 2 aliphatic rings. The molecule has 2 fully saturated rings. The number of hydrogen-bond acceptors (Lipinski definition) is 6. The minimum atomic E-state index is -5.21. The molecule has 0 radical (unpaired) electrons. The molecule has 2 saturated heterocycles. The van der Waals surface area contributed by atoms with E-state index in [1.807, 2.05) is 0 Å². The second-order valence-corrected chi connectivity index (χ2v) is 5.65. The molecule has 0 aromatic rings. The number of nitrogens with zero attached hydrogens (tertiary/aromatic N) is 1. The van der Waals surface area contributed by atoms with Gasteiger partial charge in [0, 0.05) is 7.11 Å². The van der Waals surface area contributed by atoms with E-state index < -0.39 is 48.5 Å². The van der Waals surface area contributed by atoms with E-state index in [4.69, 9.17) is 18.9 Å². The molecule has 7 nitrogen and oxygen atoms in total. The van der Waals surface area contributed by atoms with E-state index in [0.717, 1.165) is 0 Å². The molecule has 2 aliphatic heterocycles. The Morgan fingerprint density at radius 2 is 1.82 bits per heavy atom. The molecule has 0 bridgehead atoms. The Morgan fingerprint density at radius 3 is 2.32 bits per heavy atom. The lowest BCUT2D eigenvalue weighted by Crippen LogP contribution is -2.63. The van der Waals surface area contributed by atoms with Crippen molar-refractivity contribution in [1.82, 2.24) is 5.06 Å². The van der Waals surface area contributed by atoms with Crippen molar-refractivity contribution in [2.24, 2.45) is 0 Å². The largest absolute Gasteiger partial charge is 0.473 e. The van der Waals surface area contributed by atoms with E-state index in [-0.39, 0.29) is 5.06 Å². The molecule has 1 N–H and O–H groups in total. The van der Waals surface area contributed by atoms with Crippen LogP contribution in [0.15, 0.2) is 0 Å². The highest BCUT2D eigenvalue weighted by atomic mass is 19.4. The van der Waals surface area contributed by atoms with Crippen molar-refractivity contribution < 1.29 is 42.1 Å². The summed E-state index contributed by atoms with van der Waals surface area (Å²) >= 11 is 0. The molecule has 0 aromatic carbocycles. The number of alkyl halides is 3. The topological polar surface area (TPSA) is 77.5 Å². The molecule has 128 valence electrons. The summed E-state index contributed by atoms with van der Waals surface area (Å²) in [5.74, 6) is -3.50. The van der Waals surface area contributed by atoms with Crippen molar-refractivity contribution in [3.8, 4) is 0 Å². The Balaban J connectivity index is 2.29. The molecular weight excluding hydrogens is 311 g/mol. The van der Waals surface area contributed by atoms with Gasteiger partial charge in [-0.05, 0) is 20.8 Å². The van der Waals surface area contributed by atoms with Crippen LogP contribution >= 0.6 is 0 Å². The first kappa shape index (κ1) is 17.4. The second-order valence-electron chi connectivity index (χ2n) is 5.65. The SMILES string of the molecule is CO[C@H]1O[C@H](C)[C@@H](N(O)C(=O)C(F)(F)F)[C@@H]2OC(C)(C)O[C@@H]12. The first-order valence-corrected chi connectivity index (χ1v) is 6.61. The van der Waals surface area contributed by atoms with Crippen LogP contribution in [0, 0.1) is 0 Å². The van der Waals surface area contributed by atoms with Crippen molar-refractivity contribution in [2.45, 2.75) is 63.4 Å². The molecule has 5 atom stereocenters. The monoisotopic (exact) mass is 329 g/mol. The smallest absolute Gasteiger partial charge is 0.353 e. The highest BCUT2D eigenvalue weighted by Gasteiger charge is 2.59. The van der Waals surface area contributed by atoms with Gasteiger partial charge in [0.25, 0.3) is 0 Å². The van der Waals surface area contributed by atoms with E-state index in [1.54, 1.807) is 13.8 Å². The molecule has 2 heterocycles. The van der Waals surface area contributed by atoms with Crippen LogP contribution in [0.1, 0.15) is 20.8 Å². The van der Waals surface area contributed by atoms with Gasteiger partial charge >= 0.3 is 12.1 Å². The number of hydroxylamine groups is 2. The predicted octanol–water partition coefficient (Wildman–Crippen LogP) is 1.05. The lowest BCUT2D eigenvalue weighted by atomic mass is 9.96. The summed E-state index contributed by atoms with van der Waals surface area (Å²) in [5, 5.41) is 9.34. The fraction of sp³-hybridized carbons (Fsp3) is 0.917. The third kappa shape index (κ3) is 3.06. The van der Waals surface area contributed by atoms with Gasteiger partial charge in [0.15, 0.2) is 12.1 Å². The van der Waals surface area contributed by atoms with Crippen molar-refractivity contribution >= 4 is 5.91 Å². The Hall–Kier alpha value is -0.940. The summed E-state index contributed by atoms with van der Waals surface area (Å²) in [6.07, 6.45) is -8.96. The fourth-order valence-electron chi connectivity index (χ4n) is 2.72. The quantitative estimate of drug-likeness (QED) is 0.603. The molecule has 1 amide bonds. The molecular formula is C12H18F3NO6. The number of fused-ring (bicyclic) bond motifs is 1. The number of carbonyl (C=O) groups excluding carboxylic acids is 1. The van der Waals surface area contributed by atoms with E-state index in [1.165, 1.54) is 14.0 Å². The molecule has 0 aromatic heterocycles. The number of amides is 1. The van der Waals surface area contributed by atoms with Crippen LogP contribution in [0.2, 0.25) is 0 Å². The zero-order valence-corrected chi connectivity index (χ0v) is 12.5. The maximum absolute atomic E-state index is 12.5. The van der Waals surface area contributed by atoms with E-state index in [0.29, 0.717) is 0 Å². The minimum Gasteiger partial charge on any atom is -0.353 e. The van der Waals surface area contributed by atoms with E-state index >= 15 is 0 Å². The third-order valence-electron chi connectivity index (χ3n) is 3.56. The first-order chi connectivity index (χ1) is 9.98. The van der Waals surface area contributed by atoms with E-state index in [2.05, 4.69) is 0 Å². The number of hydrogen-bond donors (Lipinski definition) is 1. The molecule has 0 spiro atoms. The highest BCUT2D eigenvalue weighted by molar-refractivity contribution is 5.81. The molecule has 2 rings (SSSR count). The average Bonchev–Trinajstić information content (AvgIpc) is 2.70. The van der Waals surface area contributed by atoms with Crippen LogP contribution in [0.5, 0.6) is 0 Å². The van der Waals surface area contributed by atoms with Crippen molar-refractivity contribution in [3.63, 3.8) is 0 Å². The van der Waals surface area contributed by atoms with Gasteiger partial charge in [0.05, 0.1) is 6.10 Å². The van der Waals surface area contributed by atoms with Crippen LogP contribution in [-0.2, 0) is 23.7 Å². The Kier molecular flexibility index (Phi) is 4.44. The fourth-order valence-corrected chi connectivity index (χ4v) is 2.72. The van der Waals surface area contributed by atoms with Gasteiger partial charge in [0.2, 0.25) is 0 Å². The summed E-state index contributed by atoms with van der Waals surface area (Å²) in [7, 11) is 1.35. The summed E-state index contributed by atoms with van der Waals surface area (Å²) < 4.78 is 59.2. The Morgan fingerprint density at radius 1 is 1.27 bits per heavy atom. The molecule has 0 aliphatic carbocycles. The maximum atomic E-state index is 12.5.